The van der Waals surface area contributed by atoms with Gasteiger partial charge in [0.25, 0.3) is 0 Å². The molecule has 138 valence electrons. The first kappa shape index (κ1) is 17.5. The molecule has 2 amide bonds. The summed E-state index contributed by atoms with van der Waals surface area (Å²) in [5.74, 6) is -0.320. The molecule has 0 saturated carbocycles. The zero-order valence-electron chi connectivity index (χ0n) is 14.8. The summed E-state index contributed by atoms with van der Waals surface area (Å²) >= 11 is 1.63. The van der Waals surface area contributed by atoms with Crippen LogP contribution in [0.15, 0.2) is 70.9 Å². The van der Waals surface area contributed by atoms with Crippen molar-refractivity contribution in [3.8, 4) is 0 Å². The van der Waals surface area contributed by atoms with Gasteiger partial charge < -0.3 is 14.2 Å². The van der Waals surface area contributed by atoms with Crippen molar-refractivity contribution in [1.29, 1.82) is 0 Å². The summed E-state index contributed by atoms with van der Waals surface area (Å²) in [6.07, 6.45) is 3.52. The van der Waals surface area contributed by atoms with Crippen LogP contribution < -0.4 is 4.90 Å². The minimum atomic E-state index is -0.329. The second-order valence-corrected chi connectivity index (χ2v) is 7.68. The summed E-state index contributed by atoms with van der Waals surface area (Å²) < 4.78 is 5.15. The summed E-state index contributed by atoms with van der Waals surface area (Å²) in [5.41, 5.74) is 1.79. The first-order chi connectivity index (χ1) is 13.2. The first-order valence-electron chi connectivity index (χ1n) is 8.88. The molecule has 0 aliphatic carbocycles. The lowest BCUT2D eigenvalue weighted by molar-refractivity contribution is -0.137. The number of amides is 2. The maximum Gasteiger partial charge on any atom is 0.228 e. The second kappa shape index (κ2) is 7.80. The minimum Gasteiger partial charge on any atom is -0.472 e. The molecule has 3 aromatic rings. The van der Waals surface area contributed by atoms with Crippen LogP contribution >= 0.6 is 11.3 Å². The standard InChI is InChI=1S/C21H20N2O3S/c24-20-11-17(13-23(20)18-5-2-1-3-6-18)21(25)22(12-16-8-9-26-15-16)14-19-7-4-10-27-19/h1-10,15,17H,11-14H2. The molecule has 1 unspecified atom stereocenters. The third-order valence-electron chi connectivity index (χ3n) is 4.73. The van der Waals surface area contributed by atoms with Crippen molar-refractivity contribution in [3.05, 3.63) is 76.9 Å². The molecule has 1 saturated heterocycles. The highest BCUT2D eigenvalue weighted by atomic mass is 32.1. The van der Waals surface area contributed by atoms with Crippen LogP contribution in [-0.4, -0.2) is 23.3 Å². The van der Waals surface area contributed by atoms with Crippen LogP contribution in [0.5, 0.6) is 0 Å². The Hall–Kier alpha value is -2.86. The highest BCUT2D eigenvalue weighted by Gasteiger charge is 2.37. The summed E-state index contributed by atoms with van der Waals surface area (Å²) in [6.45, 7) is 1.44. The van der Waals surface area contributed by atoms with Crippen molar-refractivity contribution in [2.75, 3.05) is 11.4 Å². The molecular weight excluding hydrogens is 360 g/mol. The molecule has 1 aromatic carbocycles. The number of hydrogen-bond acceptors (Lipinski definition) is 4. The lowest BCUT2D eigenvalue weighted by Gasteiger charge is -2.25. The van der Waals surface area contributed by atoms with E-state index in [2.05, 4.69) is 0 Å². The Balaban J connectivity index is 1.51. The number of para-hydroxylation sites is 1. The van der Waals surface area contributed by atoms with E-state index in [1.807, 2.05) is 58.8 Å². The smallest absolute Gasteiger partial charge is 0.228 e. The van der Waals surface area contributed by atoms with Gasteiger partial charge >= 0.3 is 0 Å². The summed E-state index contributed by atoms with van der Waals surface area (Å²) in [4.78, 5) is 30.4. The van der Waals surface area contributed by atoms with Crippen molar-refractivity contribution < 1.29 is 14.0 Å². The van der Waals surface area contributed by atoms with Crippen LogP contribution in [0.1, 0.15) is 16.9 Å². The zero-order chi connectivity index (χ0) is 18.6. The maximum absolute atomic E-state index is 13.2. The van der Waals surface area contributed by atoms with E-state index in [1.54, 1.807) is 28.8 Å². The van der Waals surface area contributed by atoms with Crippen LogP contribution in [0.4, 0.5) is 5.69 Å². The van der Waals surface area contributed by atoms with Gasteiger partial charge in [0, 0.05) is 35.6 Å². The average molecular weight is 380 g/mol. The van der Waals surface area contributed by atoms with Gasteiger partial charge in [-0.05, 0) is 29.6 Å². The third kappa shape index (κ3) is 3.95. The Bertz CT molecular complexity index is 855. The van der Waals surface area contributed by atoms with E-state index in [0.717, 1.165) is 16.1 Å². The number of anilines is 1. The molecule has 1 fully saturated rings. The fraction of sp³-hybridized carbons (Fsp3) is 0.238. The van der Waals surface area contributed by atoms with Crippen LogP contribution in [0.2, 0.25) is 0 Å². The van der Waals surface area contributed by atoms with E-state index in [4.69, 9.17) is 4.42 Å². The molecule has 0 radical (unpaired) electrons. The summed E-state index contributed by atoms with van der Waals surface area (Å²) in [7, 11) is 0. The highest BCUT2D eigenvalue weighted by Crippen LogP contribution is 2.27. The van der Waals surface area contributed by atoms with Crippen molar-refractivity contribution in [2.45, 2.75) is 19.5 Å². The number of carbonyl (C=O) groups excluding carboxylic acids is 2. The van der Waals surface area contributed by atoms with Gasteiger partial charge in [-0.2, -0.15) is 0 Å². The zero-order valence-corrected chi connectivity index (χ0v) is 15.6. The lowest BCUT2D eigenvalue weighted by atomic mass is 10.1. The second-order valence-electron chi connectivity index (χ2n) is 6.65. The largest absolute Gasteiger partial charge is 0.472 e. The first-order valence-corrected chi connectivity index (χ1v) is 9.76. The van der Waals surface area contributed by atoms with Crippen LogP contribution in [0.25, 0.3) is 0 Å². The van der Waals surface area contributed by atoms with Crippen molar-refractivity contribution in [1.82, 2.24) is 4.90 Å². The number of nitrogens with zero attached hydrogens (tertiary/aromatic N) is 2. The molecule has 0 bridgehead atoms. The quantitative estimate of drug-likeness (QED) is 0.651. The molecule has 1 aliphatic heterocycles. The fourth-order valence-electron chi connectivity index (χ4n) is 3.39. The average Bonchev–Trinajstić information content (AvgIpc) is 3.44. The Labute approximate surface area is 161 Å². The molecule has 1 atom stereocenters. The van der Waals surface area contributed by atoms with Crippen LogP contribution in [0.3, 0.4) is 0 Å². The van der Waals surface area contributed by atoms with E-state index < -0.39 is 0 Å². The number of carbonyl (C=O) groups is 2. The molecule has 4 rings (SSSR count). The topological polar surface area (TPSA) is 53.8 Å². The van der Waals surface area contributed by atoms with E-state index in [0.29, 0.717) is 19.6 Å². The normalized spacial score (nSPS) is 16.7. The van der Waals surface area contributed by atoms with Crippen molar-refractivity contribution >= 4 is 28.8 Å². The SMILES string of the molecule is O=C(C1CC(=O)N(c2ccccc2)C1)N(Cc1ccoc1)Cc1cccs1. The van der Waals surface area contributed by atoms with E-state index in [-0.39, 0.29) is 24.2 Å². The Kier molecular flexibility index (Phi) is 5.07. The van der Waals surface area contributed by atoms with Gasteiger partial charge in [-0.15, -0.1) is 11.3 Å². The molecule has 2 aromatic heterocycles. The molecule has 27 heavy (non-hydrogen) atoms. The van der Waals surface area contributed by atoms with Gasteiger partial charge in [-0.25, -0.2) is 0 Å². The lowest BCUT2D eigenvalue weighted by Crippen LogP contribution is -2.36. The van der Waals surface area contributed by atoms with Crippen LogP contribution in [-0.2, 0) is 22.7 Å². The third-order valence-corrected chi connectivity index (χ3v) is 5.60. The van der Waals surface area contributed by atoms with Crippen molar-refractivity contribution in [2.24, 2.45) is 5.92 Å². The van der Waals surface area contributed by atoms with Gasteiger partial charge in [-0.3, -0.25) is 9.59 Å². The molecule has 5 nitrogen and oxygen atoms in total. The molecule has 3 heterocycles. The fourth-order valence-corrected chi connectivity index (χ4v) is 4.11. The van der Waals surface area contributed by atoms with Gasteiger partial charge in [0.2, 0.25) is 11.8 Å². The Morgan fingerprint density at radius 2 is 2.00 bits per heavy atom. The monoisotopic (exact) mass is 380 g/mol. The van der Waals surface area contributed by atoms with Crippen LogP contribution in [0, 0.1) is 5.92 Å². The number of thiophene rings is 1. The number of hydrogen-bond donors (Lipinski definition) is 0. The predicted octanol–water partition coefficient (Wildman–Crippen LogP) is 3.92. The summed E-state index contributed by atoms with van der Waals surface area (Å²) in [6, 6.07) is 15.4. The van der Waals surface area contributed by atoms with E-state index in [1.165, 1.54) is 0 Å². The number of rotatable bonds is 6. The van der Waals surface area contributed by atoms with E-state index >= 15 is 0 Å². The number of furan rings is 1. The molecule has 0 spiro atoms. The van der Waals surface area contributed by atoms with Gasteiger partial charge in [0.05, 0.1) is 25.0 Å². The number of benzene rings is 1. The van der Waals surface area contributed by atoms with Gasteiger partial charge in [0.1, 0.15) is 0 Å². The van der Waals surface area contributed by atoms with Gasteiger partial charge in [-0.1, -0.05) is 24.3 Å². The maximum atomic E-state index is 13.2. The Morgan fingerprint density at radius 1 is 1.15 bits per heavy atom. The van der Waals surface area contributed by atoms with Crippen molar-refractivity contribution in [3.63, 3.8) is 0 Å². The molecule has 6 heteroatoms. The highest BCUT2D eigenvalue weighted by molar-refractivity contribution is 7.09. The predicted molar refractivity (Wildman–Crippen MR) is 104 cm³/mol. The Morgan fingerprint density at radius 3 is 2.70 bits per heavy atom. The molecule has 0 N–H and O–H groups in total. The minimum absolute atomic E-state index is 0.000986. The van der Waals surface area contributed by atoms with Gasteiger partial charge in [0.15, 0.2) is 0 Å². The summed E-state index contributed by atoms with van der Waals surface area (Å²) in [5, 5.41) is 2.01. The molecule has 1 aliphatic rings. The molecular formula is C21H20N2O3S. The van der Waals surface area contributed by atoms with E-state index in [9.17, 15) is 9.59 Å².